The number of benzene rings is 3. The highest BCUT2D eigenvalue weighted by Gasteiger charge is 2.10. The summed E-state index contributed by atoms with van der Waals surface area (Å²) in [6, 6.07) is 19.0. The van der Waals surface area contributed by atoms with Crippen LogP contribution < -0.4 is 19.5 Å². The van der Waals surface area contributed by atoms with Gasteiger partial charge < -0.3 is 24.3 Å². The minimum Gasteiger partial charge on any atom is -0.486 e. The Kier molecular flexibility index (Phi) is 8.41. The number of ether oxygens (including phenoxy) is 3. The standard InChI is InChI=1S/C26H26FNO5/c1-18(29)8-9-19-10-11-25(24(27)14-19)32-16-20-12-22(31-17-26(30)28-2)15-23(13-20)33-21-6-4-3-5-7-21/h3-7,10-15H,8-9,16-17H2,1-2H3,(H,28,30). The third-order valence-corrected chi connectivity index (χ3v) is 4.72. The molecule has 7 heteroatoms. The Labute approximate surface area is 192 Å². The van der Waals surface area contributed by atoms with Crippen LogP contribution in [0.1, 0.15) is 24.5 Å². The average molecular weight is 451 g/mol. The normalized spacial score (nSPS) is 10.4. The fraction of sp³-hybridized carbons (Fsp3) is 0.231. The van der Waals surface area contributed by atoms with E-state index in [2.05, 4.69) is 5.32 Å². The molecule has 3 aromatic carbocycles. The Morgan fingerprint density at radius 1 is 0.879 bits per heavy atom. The summed E-state index contributed by atoms with van der Waals surface area (Å²) in [5.74, 6) is 0.949. The molecular formula is C26H26FNO5. The molecule has 0 aliphatic carbocycles. The zero-order valence-electron chi connectivity index (χ0n) is 18.6. The number of halogens is 1. The third-order valence-electron chi connectivity index (χ3n) is 4.72. The van der Waals surface area contributed by atoms with Crippen LogP contribution in [0, 0.1) is 5.82 Å². The number of hydrogen-bond acceptors (Lipinski definition) is 5. The summed E-state index contributed by atoms with van der Waals surface area (Å²) in [5, 5.41) is 2.50. The first-order valence-electron chi connectivity index (χ1n) is 10.5. The van der Waals surface area contributed by atoms with Crippen molar-refractivity contribution >= 4 is 11.7 Å². The minimum absolute atomic E-state index is 0.0581. The molecule has 0 spiro atoms. The first-order valence-corrected chi connectivity index (χ1v) is 10.5. The molecule has 0 aliphatic heterocycles. The first-order chi connectivity index (χ1) is 15.9. The van der Waals surface area contributed by atoms with Gasteiger partial charge in [0.05, 0.1) is 0 Å². The van der Waals surface area contributed by atoms with Crippen LogP contribution in [0.5, 0.6) is 23.0 Å². The van der Waals surface area contributed by atoms with Gasteiger partial charge in [0.1, 0.15) is 29.6 Å². The highest BCUT2D eigenvalue weighted by molar-refractivity contribution is 5.77. The minimum atomic E-state index is -0.496. The molecule has 0 radical (unpaired) electrons. The van der Waals surface area contributed by atoms with Crippen molar-refractivity contribution in [3.63, 3.8) is 0 Å². The Balaban J connectivity index is 1.74. The predicted molar refractivity (Wildman–Crippen MR) is 122 cm³/mol. The Bertz CT molecular complexity index is 1100. The molecule has 6 nitrogen and oxygen atoms in total. The van der Waals surface area contributed by atoms with E-state index in [1.807, 2.05) is 30.3 Å². The second-order valence-electron chi connectivity index (χ2n) is 7.45. The van der Waals surface area contributed by atoms with E-state index >= 15 is 0 Å². The van der Waals surface area contributed by atoms with Gasteiger partial charge in [-0.1, -0.05) is 24.3 Å². The molecule has 0 aromatic heterocycles. The van der Waals surface area contributed by atoms with Gasteiger partial charge in [-0.25, -0.2) is 4.39 Å². The quantitative estimate of drug-likeness (QED) is 0.451. The van der Waals surface area contributed by atoms with E-state index in [0.717, 1.165) is 5.56 Å². The van der Waals surface area contributed by atoms with E-state index < -0.39 is 5.82 Å². The maximum Gasteiger partial charge on any atom is 0.257 e. The molecule has 0 heterocycles. The van der Waals surface area contributed by atoms with Crippen LogP contribution >= 0.6 is 0 Å². The topological polar surface area (TPSA) is 73.9 Å². The van der Waals surface area contributed by atoms with Crippen molar-refractivity contribution in [2.24, 2.45) is 0 Å². The number of aryl methyl sites for hydroxylation is 1. The lowest BCUT2D eigenvalue weighted by molar-refractivity contribution is -0.122. The molecular weight excluding hydrogens is 425 g/mol. The monoisotopic (exact) mass is 451 g/mol. The van der Waals surface area contributed by atoms with Crippen molar-refractivity contribution < 1.29 is 28.2 Å². The second kappa shape index (κ2) is 11.7. The van der Waals surface area contributed by atoms with Gasteiger partial charge in [-0.3, -0.25) is 4.79 Å². The lowest BCUT2D eigenvalue weighted by atomic mass is 10.1. The van der Waals surface area contributed by atoms with Crippen LogP contribution in [0.4, 0.5) is 4.39 Å². The summed E-state index contributed by atoms with van der Waals surface area (Å²) < 4.78 is 31.6. The molecule has 3 aromatic rings. The SMILES string of the molecule is CNC(=O)COc1cc(COc2ccc(CCC(C)=O)cc2F)cc(Oc2ccccc2)c1. The van der Waals surface area contributed by atoms with Crippen molar-refractivity contribution in [2.45, 2.75) is 26.4 Å². The van der Waals surface area contributed by atoms with E-state index in [1.165, 1.54) is 20.0 Å². The largest absolute Gasteiger partial charge is 0.486 e. The zero-order chi connectivity index (χ0) is 23.6. The van der Waals surface area contributed by atoms with Gasteiger partial charge in [-0.15, -0.1) is 0 Å². The molecule has 1 N–H and O–H groups in total. The Morgan fingerprint density at radius 2 is 1.64 bits per heavy atom. The number of ketones is 1. The summed E-state index contributed by atoms with van der Waals surface area (Å²) in [6.45, 7) is 1.42. The number of carbonyl (C=O) groups excluding carboxylic acids is 2. The highest BCUT2D eigenvalue weighted by atomic mass is 19.1. The second-order valence-corrected chi connectivity index (χ2v) is 7.45. The van der Waals surface area contributed by atoms with Crippen molar-refractivity contribution in [1.82, 2.24) is 5.32 Å². The average Bonchev–Trinajstić information content (AvgIpc) is 2.81. The molecule has 1 amide bonds. The number of nitrogens with one attached hydrogen (secondary N) is 1. The summed E-state index contributed by atoms with van der Waals surface area (Å²) in [5.41, 5.74) is 1.41. The summed E-state index contributed by atoms with van der Waals surface area (Å²) in [4.78, 5) is 22.7. The number of para-hydroxylation sites is 1. The number of likely N-dealkylation sites (N-methyl/N-ethyl adjacent to an activating group) is 1. The van der Waals surface area contributed by atoms with Gasteiger partial charge in [0, 0.05) is 19.5 Å². The van der Waals surface area contributed by atoms with Crippen LogP contribution in [-0.2, 0) is 22.6 Å². The van der Waals surface area contributed by atoms with E-state index in [-0.39, 0.29) is 30.7 Å². The molecule has 172 valence electrons. The van der Waals surface area contributed by atoms with E-state index in [4.69, 9.17) is 14.2 Å². The number of amides is 1. The lowest BCUT2D eigenvalue weighted by Crippen LogP contribution is -2.24. The maximum atomic E-state index is 14.5. The van der Waals surface area contributed by atoms with Gasteiger partial charge in [-0.05, 0) is 60.9 Å². The molecule has 0 saturated heterocycles. The molecule has 3 rings (SSSR count). The van der Waals surface area contributed by atoms with Crippen molar-refractivity contribution in [3.8, 4) is 23.0 Å². The van der Waals surface area contributed by atoms with Gasteiger partial charge in [0.15, 0.2) is 18.2 Å². The maximum absolute atomic E-state index is 14.5. The van der Waals surface area contributed by atoms with Crippen LogP contribution in [0.25, 0.3) is 0 Å². The smallest absolute Gasteiger partial charge is 0.257 e. The summed E-state index contributed by atoms with van der Waals surface area (Å²) in [6.07, 6.45) is 0.851. The molecule has 33 heavy (non-hydrogen) atoms. The van der Waals surface area contributed by atoms with Crippen LogP contribution in [0.15, 0.2) is 66.7 Å². The fourth-order valence-electron chi connectivity index (χ4n) is 3.00. The van der Waals surface area contributed by atoms with Gasteiger partial charge >= 0.3 is 0 Å². The molecule has 0 atom stereocenters. The fourth-order valence-corrected chi connectivity index (χ4v) is 3.00. The van der Waals surface area contributed by atoms with Crippen LogP contribution in [0.2, 0.25) is 0 Å². The van der Waals surface area contributed by atoms with E-state index in [0.29, 0.717) is 35.7 Å². The van der Waals surface area contributed by atoms with Gasteiger partial charge in [0.2, 0.25) is 0 Å². The van der Waals surface area contributed by atoms with Crippen molar-refractivity contribution in [1.29, 1.82) is 0 Å². The van der Waals surface area contributed by atoms with Gasteiger partial charge in [-0.2, -0.15) is 0 Å². The molecule has 0 unspecified atom stereocenters. The number of carbonyl (C=O) groups is 2. The van der Waals surface area contributed by atoms with Crippen molar-refractivity contribution in [2.75, 3.05) is 13.7 Å². The van der Waals surface area contributed by atoms with Crippen LogP contribution in [0.3, 0.4) is 0 Å². The van der Waals surface area contributed by atoms with Gasteiger partial charge in [0.25, 0.3) is 5.91 Å². The van der Waals surface area contributed by atoms with Crippen LogP contribution in [-0.4, -0.2) is 25.3 Å². The number of Topliss-reactive ketones (excluding diaryl/α,β-unsaturated/α-hetero) is 1. The summed E-state index contributed by atoms with van der Waals surface area (Å²) >= 11 is 0. The Hall–Kier alpha value is -3.87. The number of rotatable bonds is 11. The molecule has 0 bridgehead atoms. The molecule has 0 saturated carbocycles. The Morgan fingerprint density at radius 3 is 2.33 bits per heavy atom. The summed E-state index contributed by atoms with van der Waals surface area (Å²) in [7, 11) is 1.53. The number of hydrogen-bond donors (Lipinski definition) is 1. The van der Waals surface area contributed by atoms with Crippen molar-refractivity contribution in [3.05, 3.63) is 83.7 Å². The molecule has 0 aliphatic rings. The lowest BCUT2D eigenvalue weighted by Gasteiger charge is -2.13. The third kappa shape index (κ3) is 7.64. The zero-order valence-corrected chi connectivity index (χ0v) is 18.6. The molecule has 0 fully saturated rings. The highest BCUT2D eigenvalue weighted by Crippen LogP contribution is 2.29. The first kappa shape index (κ1) is 23.8. The van der Waals surface area contributed by atoms with E-state index in [9.17, 15) is 14.0 Å². The predicted octanol–water partition coefficient (Wildman–Crippen LogP) is 4.84. The van der Waals surface area contributed by atoms with E-state index in [1.54, 1.807) is 30.3 Å².